The summed E-state index contributed by atoms with van der Waals surface area (Å²) in [5.41, 5.74) is 11.2. The van der Waals surface area contributed by atoms with Gasteiger partial charge in [-0.15, -0.1) is 12.4 Å². The van der Waals surface area contributed by atoms with Crippen LogP contribution in [0, 0.1) is 23.2 Å². The predicted octanol–water partition coefficient (Wildman–Crippen LogP) is 0.541. The smallest absolute Gasteiger partial charge is 0.241 e. The Morgan fingerprint density at radius 3 is 2.28 bits per heavy atom. The molecule has 0 aromatic heterocycles. The van der Waals surface area contributed by atoms with Crippen LogP contribution in [0.15, 0.2) is 0 Å². The van der Waals surface area contributed by atoms with Gasteiger partial charge in [-0.1, -0.05) is 0 Å². The fraction of sp³-hybridized carbons (Fsp3) is 0.889. The van der Waals surface area contributed by atoms with Crippen LogP contribution >= 0.6 is 12.4 Å². The van der Waals surface area contributed by atoms with Crippen LogP contribution in [0.3, 0.4) is 0 Å². The summed E-state index contributed by atoms with van der Waals surface area (Å²) in [5, 5.41) is 10.9. The summed E-state index contributed by atoms with van der Waals surface area (Å²) >= 11 is 0. The maximum absolute atomic E-state index is 13.2. The Morgan fingerprint density at radius 2 is 1.72 bits per heavy atom. The predicted molar refractivity (Wildman–Crippen MR) is 93.6 cm³/mol. The van der Waals surface area contributed by atoms with E-state index in [0.717, 1.165) is 32.1 Å². The molecule has 6 rings (SSSR count). The van der Waals surface area contributed by atoms with E-state index in [0.29, 0.717) is 30.6 Å². The number of carbonyl (C=O) groups excluding carboxylic acids is 2. The number of likely N-dealkylation sites (tertiary alicyclic amines) is 1. The Bertz CT molecular complexity index is 613. The quantitative estimate of drug-likeness (QED) is 0.674. The van der Waals surface area contributed by atoms with Gasteiger partial charge in [0.1, 0.15) is 6.04 Å². The second kappa shape index (κ2) is 5.33. The molecule has 8 atom stereocenters. The number of rotatable bonds is 3. The van der Waals surface area contributed by atoms with Gasteiger partial charge in [-0.3, -0.25) is 9.59 Å². The lowest BCUT2D eigenvalue weighted by Gasteiger charge is -2.61. The lowest BCUT2D eigenvalue weighted by molar-refractivity contribution is -0.178. The van der Waals surface area contributed by atoms with Gasteiger partial charge in [-0.05, 0) is 74.5 Å². The number of primary amides is 1. The molecule has 6 aliphatic rings. The van der Waals surface area contributed by atoms with Crippen LogP contribution in [0.1, 0.15) is 51.4 Å². The molecule has 5 saturated carbocycles. The first-order valence-electron chi connectivity index (χ1n) is 9.40. The van der Waals surface area contributed by atoms with Crippen LogP contribution in [0.5, 0.6) is 0 Å². The first kappa shape index (κ1) is 17.6. The number of piperidine rings is 1. The monoisotopic (exact) mass is 369 g/mol. The summed E-state index contributed by atoms with van der Waals surface area (Å²) in [4.78, 5) is 26.7. The Hall–Kier alpha value is -0.850. The lowest BCUT2D eigenvalue weighted by atomic mass is 9.46. The fourth-order valence-electron chi connectivity index (χ4n) is 7.10. The molecule has 7 heteroatoms. The molecule has 0 aromatic rings. The van der Waals surface area contributed by atoms with Crippen LogP contribution in [0.25, 0.3) is 0 Å². The molecule has 25 heavy (non-hydrogen) atoms. The number of fused-ring (bicyclic) bond motifs is 1. The van der Waals surface area contributed by atoms with E-state index in [-0.39, 0.29) is 29.8 Å². The molecule has 3 unspecified atom stereocenters. The number of hydrogen-bond acceptors (Lipinski definition) is 4. The van der Waals surface area contributed by atoms with Gasteiger partial charge in [-0.2, -0.15) is 0 Å². The maximum Gasteiger partial charge on any atom is 0.241 e. The minimum atomic E-state index is -0.627. The van der Waals surface area contributed by atoms with E-state index in [9.17, 15) is 14.7 Å². The average Bonchev–Trinajstić information content (AvgIpc) is 3.13. The van der Waals surface area contributed by atoms with Gasteiger partial charge in [0.2, 0.25) is 11.8 Å². The Balaban J connectivity index is 0.00000157. The third kappa shape index (κ3) is 2.44. The second-order valence-corrected chi connectivity index (χ2v) is 9.49. The largest absolute Gasteiger partial charge is 0.390 e. The van der Waals surface area contributed by atoms with Crippen molar-refractivity contribution in [1.82, 2.24) is 4.90 Å². The highest BCUT2D eigenvalue weighted by atomic mass is 35.5. The molecule has 1 saturated heterocycles. The van der Waals surface area contributed by atoms with E-state index >= 15 is 0 Å². The van der Waals surface area contributed by atoms with E-state index < -0.39 is 23.6 Å². The molecule has 4 bridgehead atoms. The highest BCUT2D eigenvalue weighted by Gasteiger charge is 2.63. The van der Waals surface area contributed by atoms with Crippen molar-refractivity contribution in [1.29, 1.82) is 0 Å². The first-order chi connectivity index (χ1) is 11.3. The third-order valence-corrected chi connectivity index (χ3v) is 7.69. The van der Waals surface area contributed by atoms with E-state index in [1.165, 1.54) is 6.42 Å². The molecule has 0 aromatic carbocycles. The first-order valence-corrected chi connectivity index (χ1v) is 9.40. The summed E-state index contributed by atoms with van der Waals surface area (Å²) in [6.07, 6.45) is 7.11. The molecule has 2 amide bonds. The third-order valence-electron chi connectivity index (χ3n) is 7.69. The summed E-state index contributed by atoms with van der Waals surface area (Å²) in [7, 11) is 0. The van der Waals surface area contributed by atoms with Crippen molar-refractivity contribution in [2.45, 2.75) is 75.1 Å². The molecular formula is C18H28ClN3O3. The van der Waals surface area contributed by atoms with Gasteiger partial charge < -0.3 is 21.5 Å². The van der Waals surface area contributed by atoms with Crippen LogP contribution in [0.2, 0.25) is 0 Å². The number of nitrogens with zero attached hydrogens (tertiary/aromatic N) is 1. The van der Waals surface area contributed by atoms with Crippen molar-refractivity contribution >= 4 is 24.2 Å². The number of aliphatic hydroxyl groups is 1. The molecule has 6 nitrogen and oxygen atoms in total. The number of carbonyl (C=O) groups is 2. The highest BCUT2D eigenvalue weighted by molar-refractivity contribution is 5.91. The van der Waals surface area contributed by atoms with E-state index in [1.807, 2.05) is 0 Å². The van der Waals surface area contributed by atoms with Gasteiger partial charge in [0.25, 0.3) is 0 Å². The Morgan fingerprint density at radius 1 is 1.08 bits per heavy atom. The van der Waals surface area contributed by atoms with Crippen molar-refractivity contribution < 1.29 is 14.7 Å². The summed E-state index contributed by atoms with van der Waals surface area (Å²) in [5.74, 6) is 0.906. The highest BCUT2D eigenvalue weighted by Crippen LogP contribution is 2.63. The van der Waals surface area contributed by atoms with Crippen LogP contribution < -0.4 is 11.5 Å². The van der Waals surface area contributed by atoms with Gasteiger partial charge >= 0.3 is 0 Å². The average molecular weight is 370 g/mol. The normalized spacial score (nSPS) is 50.2. The number of hydrogen-bond donors (Lipinski definition) is 3. The number of nitrogens with two attached hydrogens (primary N) is 2. The fourth-order valence-corrected chi connectivity index (χ4v) is 7.10. The topological polar surface area (TPSA) is 110 Å². The minimum Gasteiger partial charge on any atom is -0.390 e. The van der Waals surface area contributed by atoms with Crippen molar-refractivity contribution in [3.63, 3.8) is 0 Å². The van der Waals surface area contributed by atoms with Crippen LogP contribution in [-0.4, -0.2) is 45.5 Å². The summed E-state index contributed by atoms with van der Waals surface area (Å²) in [6, 6.07) is -0.932. The van der Waals surface area contributed by atoms with Gasteiger partial charge in [-0.25, -0.2) is 0 Å². The molecule has 0 radical (unpaired) electrons. The van der Waals surface area contributed by atoms with Gasteiger partial charge in [0.15, 0.2) is 0 Å². The van der Waals surface area contributed by atoms with Crippen molar-refractivity contribution in [3.8, 4) is 0 Å². The molecule has 1 heterocycles. The Labute approximate surface area is 154 Å². The van der Waals surface area contributed by atoms with E-state index in [4.69, 9.17) is 11.5 Å². The molecule has 5 N–H and O–H groups in total. The maximum atomic E-state index is 13.2. The van der Waals surface area contributed by atoms with Gasteiger partial charge in [0.05, 0.1) is 11.6 Å². The zero-order valence-electron chi connectivity index (χ0n) is 14.4. The zero-order valence-corrected chi connectivity index (χ0v) is 15.2. The molecular weight excluding hydrogens is 342 g/mol. The van der Waals surface area contributed by atoms with E-state index in [2.05, 4.69) is 0 Å². The van der Waals surface area contributed by atoms with Crippen molar-refractivity contribution in [2.24, 2.45) is 34.6 Å². The molecule has 6 fully saturated rings. The SMILES string of the molecule is Cl.NC(=O)[C@@H]1C[C@@H]2C[C@@H]2N1C(=O)[C@@H](N)C12CC3C[C@@H](CC(O)(C3)C1)C2. The standard InChI is InChI=1S/C18H27N3O3.ClH/c19-14(16(23)21-12-2-11(12)3-13(21)15(20)22)17-4-9-1-10(5-17)7-18(24,6-9)8-17;/h9-14,24H,1-8,19H2,(H2,20,22);1H/t9-,10?,11+,12+,13+,14-,17?,18?;/m1./s1. The van der Waals surface area contributed by atoms with Crippen molar-refractivity contribution in [2.75, 3.05) is 0 Å². The number of amides is 2. The molecule has 140 valence electrons. The molecule has 0 spiro atoms. The minimum absolute atomic E-state index is 0. The molecule has 1 aliphatic heterocycles. The molecule has 5 aliphatic carbocycles. The number of halogens is 1. The van der Waals surface area contributed by atoms with Crippen LogP contribution in [-0.2, 0) is 9.59 Å². The lowest BCUT2D eigenvalue weighted by Crippen LogP contribution is -2.65. The van der Waals surface area contributed by atoms with E-state index in [1.54, 1.807) is 4.90 Å². The summed E-state index contributed by atoms with van der Waals surface area (Å²) in [6.45, 7) is 0. The van der Waals surface area contributed by atoms with Crippen LogP contribution in [0.4, 0.5) is 0 Å². The van der Waals surface area contributed by atoms with Crippen molar-refractivity contribution in [3.05, 3.63) is 0 Å². The summed E-state index contributed by atoms with van der Waals surface area (Å²) < 4.78 is 0. The van der Waals surface area contributed by atoms with Gasteiger partial charge in [0, 0.05) is 6.04 Å². The Kier molecular flexibility index (Phi) is 3.75. The second-order valence-electron chi connectivity index (χ2n) is 9.49. The zero-order chi connectivity index (χ0) is 16.9.